The number of rotatable bonds is 7. The van der Waals surface area contributed by atoms with E-state index in [1.54, 1.807) is 9.58 Å². The second kappa shape index (κ2) is 10.5. The van der Waals surface area contributed by atoms with Crippen molar-refractivity contribution in [2.45, 2.75) is 26.3 Å². The van der Waals surface area contributed by atoms with Gasteiger partial charge in [-0.25, -0.2) is 4.98 Å². The highest BCUT2D eigenvalue weighted by molar-refractivity contribution is 6.34. The van der Waals surface area contributed by atoms with Gasteiger partial charge >= 0.3 is 0 Å². The summed E-state index contributed by atoms with van der Waals surface area (Å²) >= 11 is 6.11. The number of aryl methyl sites for hydroxylation is 2. The number of carbonyl (C=O) groups excluding carboxylic acids is 2. The molecule has 0 spiro atoms. The molecule has 1 saturated heterocycles. The van der Waals surface area contributed by atoms with E-state index >= 15 is 0 Å². The van der Waals surface area contributed by atoms with Crippen LogP contribution >= 0.6 is 11.6 Å². The predicted octanol–water partition coefficient (Wildman–Crippen LogP) is 1.55. The number of nitrogens with two attached hydrogens (primary N) is 1. The highest BCUT2D eigenvalue weighted by atomic mass is 35.5. The lowest BCUT2D eigenvalue weighted by Gasteiger charge is -2.31. The monoisotopic (exact) mass is 473 g/mol. The van der Waals surface area contributed by atoms with Gasteiger partial charge in [0.2, 0.25) is 11.8 Å². The van der Waals surface area contributed by atoms with E-state index in [1.165, 1.54) is 25.4 Å². The van der Waals surface area contributed by atoms with Gasteiger partial charge < -0.3 is 26.1 Å². The van der Waals surface area contributed by atoms with Gasteiger partial charge in [0.1, 0.15) is 0 Å². The molecule has 0 bridgehead atoms. The Bertz CT molecular complexity index is 1090. The number of allylic oxidation sites excluding steroid dienone is 1. The van der Waals surface area contributed by atoms with Crippen LogP contribution in [0.25, 0.3) is 0 Å². The molecule has 11 heteroatoms. The molecule has 2 aromatic heterocycles. The lowest BCUT2D eigenvalue weighted by atomic mass is 9.95. The Morgan fingerprint density at radius 3 is 2.70 bits per heavy atom. The van der Waals surface area contributed by atoms with Gasteiger partial charge in [-0.1, -0.05) is 11.6 Å². The Morgan fingerprint density at radius 1 is 1.39 bits per heavy atom. The number of methoxy groups -OCH3 is 1. The van der Waals surface area contributed by atoms with E-state index in [9.17, 15) is 9.59 Å². The summed E-state index contributed by atoms with van der Waals surface area (Å²) in [6, 6.07) is 1.51. The summed E-state index contributed by atoms with van der Waals surface area (Å²) in [5.41, 5.74) is 8.12. The molecule has 3 rings (SSSR count). The highest BCUT2D eigenvalue weighted by Gasteiger charge is 2.28. The average Bonchev–Trinajstić information content (AvgIpc) is 3.13. The zero-order chi connectivity index (χ0) is 24.1. The molecule has 1 fully saturated rings. The van der Waals surface area contributed by atoms with Crippen molar-refractivity contribution in [2.24, 2.45) is 18.7 Å². The molecule has 176 valence electrons. The number of aromatic nitrogens is 3. The molecule has 1 aliphatic heterocycles. The molecule has 0 atom stereocenters. The number of hydrogen-bond acceptors (Lipinski definition) is 7. The van der Waals surface area contributed by atoms with Crippen LogP contribution in [-0.4, -0.2) is 57.4 Å². The first kappa shape index (κ1) is 24.2. The van der Waals surface area contributed by atoms with E-state index in [1.807, 2.05) is 20.2 Å². The number of carbonyl (C=O) groups is 2. The number of nitrogens with zero attached hydrogens (tertiary/aromatic N) is 4. The van der Waals surface area contributed by atoms with Gasteiger partial charge in [0, 0.05) is 56.0 Å². The number of pyridine rings is 1. The molecular formula is C22H28ClN7O3. The fourth-order valence-electron chi connectivity index (χ4n) is 3.71. The fourth-order valence-corrected chi connectivity index (χ4v) is 3.91. The number of amides is 2. The maximum atomic E-state index is 12.8. The molecule has 0 radical (unpaired) electrons. The van der Waals surface area contributed by atoms with E-state index in [0.29, 0.717) is 43.9 Å². The molecule has 4 N–H and O–H groups in total. The van der Waals surface area contributed by atoms with Crippen molar-refractivity contribution in [3.63, 3.8) is 0 Å². The van der Waals surface area contributed by atoms with Crippen molar-refractivity contribution >= 4 is 29.1 Å². The second-order valence-electron chi connectivity index (χ2n) is 7.92. The fraction of sp³-hybridized carbons (Fsp3) is 0.409. The molecule has 0 unspecified atom stereocenters. The van der Waals surface area contributed by atoms with Gasteiger partial charge in [0.15, 0.2) is 0 Å². The molecule has 2 amide bonds. The lowest BCUT2D eigenvalue weighted by Crippen LogP contribution is -2.44. The number of ether oxygens (including phenoxy) is 1. The molecule has 3 heterocycles. The number of piperidine rings is 1. The standard InChI is InChI=1S/C22H28ClN7O3/c1-13-15(12-29(2)28-13)10-27-21(31)14-4-6-30(7-5-14)22(32)19(25)9-18(24)16-8-20(33-3)26-11-17(16)23/h8-9,11-12,14,24H,4-7,10,25H2,1-3H3,(H,27,31). The number of halogens is 1. The van der Waals surface area contributed by atoms with Crippen molar-refractivity contribution in [1.82, 2.24) is 25.0 Å². The molecule has 0 aromatic carbocycles. The van der Waals surface area contributed by atoms with Crippen molar-refractivity contribution in [2.75, 3.05) is 20.2 Å². The summed E-state index contributed by atoms with van der Waals surface area (Å²) in [6.07, 6.45) is 5.63. The minimum absolute atomic E-state index is 0.0218. The number of nitrogens with one attached hydrogen (secondary N) is 2. The summed E-state index contributed by atoms with van der Waals surface area (Å²) in [6.45, 7) is 3.16. The first-order valence-corrected chi connectivity index (χ1v) is 10.9. The Balaban J connectivity index is 1.54. The van der Waals surface area contributed by atoms with Crippen LogP contribution in [0.15, 0.2) is 30.2 Å². The van der Waals surface area contributed by atoms with Crippen LogP contribution in [0.1, 0.15) is 29.7 Å². The van der Waals surface area contributed by atoms with Crippen LogP contribution in [0.4, 0.5) is 0 Å². The molecule has 10 nitrogen and oxygen atoms in total. The van der Waals surface area contributed by atoms with Crippen LogP contribution in [-0.2, 0) is 23.2 Å². The van der Waals surface area contributed by atoms with Gasteiger partial charge in [0.05, 0.1) is 35.4 Å². The van der Waals surface area contributed by atoms with Crippen molar-refractivity contribution < 1.29 is 14.3 Å². The minimum atomic E-state index is -0.373. The third-order valence-electron chi connectivity index (χ3n) is 5.60. The zero-order valence-electron chi connectivity index (χ0n) is 18.9. The van der Waals surface area contributed by atoms with Crippen LogP contribution < -0.4 is 15.8 Å². The van der Waals surface area contributed by atoms with Gasteiger partial charge in [-0.05, 0) is 25.8 Å². The summed E-state index contributed by atoms with van der Waals surface area (Å²) in [4.78, 5) is 30.9. The molecule has 0 saturated carbocycles. The van der Waals surface area contributed by atoms with E-state index in [0.717, 1.165) is 11.3 Å². The minimum Gasteiger partial charge on any atom is -0.481 e. The Hall–Kier alpha value is -3.40. The Kier molecular flexibility index (Phi) is 7.70. The predicted molar refractivity (Wildman–Crippen MR) is 124 cm³/mol. The summed E-state index contributed by atoms with van der Waals surface area (Å²) in [5.74, 6) is -0.271. The highest BCUT2D eigenvalue weighted by Crippen LogP contribution is 2.21. The Labute approximate surface area is 197 Å². The number of likely N-dealkylation sites (tertiary alicyclic amines) is 1. The number of hydrogen-bond donors (Lipinski definition) is 3. The van der Waals surface area contributed by atoms with Crippen LogP contribution in [0.3, 0.4) is 0 Å². The van der Waals surface area contributed by atoms with Gasteiger partial charge in [-0.2, -0.15) is 5.10 Å². The summed E-state index contributed by atoms with van der Waals surface area (Å²) in [7, 11) is 3.30. The molecule has 0 aliphatic carbocycles. The molecule has 2 aromatic rings. The first-order chi connectivity index (χ1) is 15.7. The quantitative estimate of drug-likeness (QED) is 0.412. The molecule has 1 aliphatic rings. The van der Waals surface area contributed by atoms with Gasteiger partial charge in [-0.3, -0.25) is 14.3 Å². The summed E-state index contributed by atoms with van der Waals surface area (Å²) < 4.78 is 6.78. The maximum absolute atomic E-state index is 12.8. The van der Waals surface area contributed by atoms with Crippen LogP contribution in [0.5, 0.6) is 5.88 Å². The van der Waals surface area contributed by atoms with E-state index in [2.05, 4.69) is 15.4 Å². The Morgan fingerprint density at radius 2 is 2.09 bits per heavy atom. The maximum Gasteiger partial charge on any atom is 0.269 e. The van der Waals surface area contributed by atoms with E-state index < -0.39 is 0 Å². The molecule has 33 heavy (non-hydrogen) atoms. The zero-order valence-corrected chi connectivity index (χ0v) is 19.6. The first-order valence-electron chi connectivity index (χ1n) is 10.5. The van der Waals surface area contributed by atoms with E-state index in [4.69, 9.17) is 27.5 Å². The van der Waals surface area contributed by atoms with Crippen LogP contribution in [0, 0.1) is 18.3 Å². The van der Waals surface area contributed by atoms with Crippen molar-refractivity contribution in [3.8, 4) is 5.88 Å². The molecular weight excluding hydrogens is 446 g/mol. The van der Waals surface area contributed by atoms with Crippen LogP contribution in [0.2, 0.25) is 5.02 Å². The topological polar surface area (TPSA) is 139 Å². The second-order valence-corrected chi connectivity index (χ2v) is 8.32. The van der Waals surface area contributed by atoms with Gasteiger partial charge in [0.25, 0.3) is 5.91 Å². The van der Waals surface area contributed by atoms with Crippen molar-refractivity contribution in [3.05, 3.63) is 52.1 Å². The van der Waals surface area contributed by atoms with Crippen molar-refractivity contribution in [1.29, 1.82) is 5.41 Å². The third kappa shape index (κ3) is 5.89. The SMILES string of the molecule is COc1cc(C(=N)C=C(N)C(=O)N2CCC(C(=O)NCc3cn(C)nc3C)CC2)c(Cl)cn1. The van der Waals surface area contributed by atoms with E-state index in [-0.39, 0.29) is 34.2 Å². The largest absolute Gasteiger partial charge is 0.481 e. The normalized spacial score (nSPS) is 14.8. The van der Waals surface area contributed by atoms with Gasteiger partial charge in [-0.15, -0.1) is 0 Å². The lowest BCUT2D eigenvalue weighted by molar-refractivity contribution is -0.132. The smallest absolute Gasteiger partial charge is 0.269 e. The third-order valence-corrected chi connectivity index (χ3v) is 5.90. The summed E-state index contributed by atoms with van der Waals surface area (Å²) in [5, 5.41) is 15.7. The average molecular weight is 474 g/mol.